The van der Waals surface area contributed by atoms with Gasteiger partial charge >= 0.3 is 9.39 Å². The average Bonchev–Trinajstić information content (AvgIpc) is 2.42. The van der Waals surface area contributed by atoms with Gasteiger partial charge in [0.1, 0.15) is 23.1 Å². The molecule has 1 nitrogen and oxygen atoms in total. The van der Waals surface area contributed by atoms with Gasteiger partial charge in [-0.3, -0.25) is 0 Å². The minimum Gasteiger partial charge on any atom is -0.391 e. The summed E-state index contributed by atoms with van der Waals surface area (Å²) in [5, 5.41) is 0. The second kappa shape index (κ2) is 8.67. The lowest BCUT2D eigenvalue weighted by Gasteiger charge is -2.36. The molecule has 1 aliphatic rings. The van der Waals surface area contributed by atoms with E-state index in [-0.39, 0.29) is 0 Å². The van der Waals surface area contributed by atoms with Gasteiger partial charge in [0.05, 0.1) is 0 Å². The molecule has 1 unspecified atom stereocenters. The number of rotatable bonds is 3. The van der Waals surface area contributed by atoms with E-state index in [1.165, 1.54) is 0 Å². The molecule has 1 rings (SSSR count). The first kappa shape index (κ1) is 21.1. The molecule has 0 bridgehead atoms. The molecule has 114 valence electrons. The van der Waals surface area contributed by atoms with Crippen molar-refractivity contribution in [1.29, 1.82) is 0 Å². The molecule has 0 saturated heterocycles. The molecule has 0 amide bonds. The fourth-order valence-electron chi connectivity index (χ4n) is 2.37. The van der Waals surface area contributed by atoms with E-state index >= 15 is 0 Å². The molecule has 0 radical (unpaired) electrons. The first-order valence-corrected chi connectivity index (χ1v) is 16.2. The van der Waals surface area contributed by atoms with Crippen molar-refractivity contribution in [2.24, 2.45) is 0 Å². The highest BCUT2D eigenvalue weighted by atomic mass is 35.9. The van der Waals surface area contributed by atoms with Crippen molar-refractivity contribution in [2.75, 3.05) is 6.16 Å². The predicted octanol–water partition coefficient (Wildman–Crippen LogP) is 6.53. The highest BCUT2D eigenvalue weighted by molar-refractivity contribution is 7.98. The molecule has 0 N–H and O–H groups in total. The summed E-state index contributed by atoms with van der Waals surface area (Å²) in [4.78, 5) is 0. The van der Waals surface area contributed by atoms with Gasteiger partial charge in [-0.2, -0.15) is 4.67 Å². The molecule has 19 heavy (non-hydrogen) atoms. The van der Waals surface area contributed by atoms with E-state index in [0.717, 1.165) is 6.16 Å². The van der Waals surface area contributed by atoms with Gasteiger partial charge in [0.2, 0.25) is 0 Å². The SMILES string of the molecule is CC(C)N(C(C)C)[P+]1(Cl)CC=C[C@H]1C.[Cl][Al-]([Cl])([Cl])[Cl]. The van der Waals surface area contributed by atoms with Crippen LogP contribution in [0.25, 0.3) is 0 Å². The Morgan fingerprint density at radius 1 is 1.11 bits per heavy atom. The fourth-order valence-corrected chi connectivity index (χ4v) is 7.13. The summed E-state index contributed by atoms with van der Waals surface area (Å²) in [7, 11) is 17.0. The topological polar surface area (TPSA) is 3.24 Å². The van der Waals surface area contributed by atoms with Gasteiger partial charge in [0.15, 0.2) is 6.77 Å². The van der Waals surface area contributed by atoms with Crippen LogP contribution < -0.4 is 0 Å². The van der Waals surface area contributed by atoms with Gasteiger partial charge in [-0.05, 0) is 46.8 Å². The lowest BCUT2D eigenvalue weighted by Crippen LogP contribution is -2.37. The Kier molecular flexibility index (Phi) is 9.63. The van der Waals surface area contributed by atoms with E-state index in [1.54, 1.807) is 0 Å². The fraction of sp³-hybridized carbons (Fsp3) is 0.818. The summed E-state index contributed by atoms with van der Waals surface area (Å²) in [6, 6.07) is 1.09. The van der Waals surface area contributed by atoms with E-state index in [1.807, 2.05) is 0 Å². The van der Waals surface area contributed by atoms with E-state index < -0.39 is 16.2 Å². The number of hydrogen-bond acceptors (Lipinski definition) is 1. The molecule has 2 atom stereocenters. The van der Waals surface area contributed by atoms with Crippen molar-refractivity contribution in [3.63, 3.8) is 0 Å². The maximum atomic E-state index is 6.85. The monoisotopic (exact) mass is 401 g/mol. The lowest BCUT2D eigenvalue weighted by molar-refractivity contribution is 0.319. The first-order valence-electron chi connectivity index (χ1n) is 6.29. The molecule has 0 aromatic heterocycles. The Bertz CT molecular complexity index is 294. The maximum Gasteiger partial charge on any atom is 0.564 e. The third kappa shape index (κ3) is 7.79. The first-order chi connectivity index (χ1) is 8.39. The molecule has 0 aliphatic carbocycles. The summed E-state index contributed by atoms with van der Waals surface area (Å²) in [6.45, 7) is 9.79. The minimum atomic E-state index is -2.94. The molecule has 0 aromatic rings. The smallest absolute Gasteiger partial charge is 0.391 e. The van der Waals surface area contributed by atoms with E-state index in [0.29, 0.717) is 17.7 Å². The lowest BCUT2D eigenvalue weighted by atomic mass is 10.3. The van der Waals surface area contributed by atoms with Gasteiger partial charge in [-0.25, -0.2) is 0 Å². The maximum absolute atomic E-state index is 6.85. The summed E-state index contributed by atoms with van der Waals surface area (Å²) in [5.41, 5.74) is 0.550. The van der Waals surface area contributed by atoms with Crippen molar-refractivity contribution in [3.8, 4) is 0 Å². The summed E-state index contributed by atoms with van der Waals surface area (Å²) in [5.74, 6) is 0. The zero-order valence-electron chi connectivity index (χ0n) is 12.0. The Morgan fingerprint density at radius 2 is 1.47 bits per heavy atom. The molecule has 8 heteroatoms. The molecular weight excluding hydrogens is 381 g/mol. The molecule has 1 aliphatic heterocycles. The average molecular weight is 404 g/mol. The summed E-state index contributed by atoms with van der Waals surface area (Å²) >= 11 is 6.85. The van der Waals surface area contributed by atoms with Gasteiger partial charge in [-0.1, -0.05) is 0 Å². The highest BCUT2D eigenvalue weighted by Gasteiger charge is 2.52. The van der Waals surface area contributed by atoms with Crippen LogP contribution in [0.3, 0.4) is 0 Å². The van der Waals surface area contributed by atoms with Gasteiger partial charge in [-0.15, -0.1) is 0 Å². The van der Waals surface area contributed by atoms with Gasteiger partial charge < -0.3 is 40.2 Å². The largest absolute Gasteiger partial charge is 0.564 e. The molecule has 0 saturated carbocycles. The van der Waals surface area contributed by atoms with E-state index in [9.17, 15) is 0 Å². The Labute approximate surface area is 142 Å². The van der Waals surface area contributed by atoms with Crippen LogP contribution >= 0.6 is 58.2 Å². The third-order valence-corrected chi connectivity index (χ3v) is 8.54. The van der Waals surface area contributed by atoms with Crippen LogP contribution in [0.1, 0.15) is 34.6 Å². The molecule has 0 spiro atoms. The van der Waals surface area contributed by atoms with Crippen LogP contribution in [0.2, 0.25) is 0 Å². The van der Waals surface area contributed by atoms with Crippen LogP contribution in [0.5, 0.6) is 0 Å². The quantitative estimate of drug-likeness (QED) is 0.294. The summed E-state index contributed by atoms with van der Waals surface area (Å²) < 4.78 is 2.53. The van der Waals surface area contributed by atoms with E-state index in [4.69, 9.17) is 51.4 Å². The highest BCUT2D eigenvalue weighted by Crippen LogP contribution is 2.74. The second-order valence-electron chi connectivity index (χ2n) is 5.15. The number of hydrogen-bond donors (Lipinski definition) is 0. The van der Waals surface area contributed by atoms with Crippen LogP contribution in [0.15, 0.2) is 12.2 Å². The van der Waals surface area contributed by atoms with Crippen molar-refractivity contribution in [1.82, 2.24) is 4.67 Å². The predicted molar refractivity (Wildman–Crippen MR) is 97.5 cm³/mol. The van der Waals surface area contributed by atoms with Crippen LogP contribution in [-0.4, -0.2) is 38.0 Å². The second-order valence-corrected chi connectivity index (χ2v) is 22.9. The standard InChI is InChI=1S/C11H22ClNP.Al.4ClH/c1-9(2)13(10(3)4)14(12)8-6-7-11(14)5;;;;;/h6-7,9-11H,8H2,1-5H3;;4*1H/q+1;+3;;;;/p-4/t11-,14?;;;;;/m1...../s1. The Morgan fingerprint density at radius 3 is 1.68 bits per heavy atom. The van der Waals surface area contributed by atoms with Gasteiger partial charge in [0.25, 0.3) is 0 Å². The van der Waals surface area contributed by atoms with Crippen molar-refractivity contribution in [3.05, 3.63) is 12.2 Å². The van der Waals surface area contributed by atoms with Crippen LogP contribution in [0, 0.1) is 0 Å². The molecule has 0 aromatic carbocycles. The number of halogens is 5. The molecular formula is C11H22AlCl5NP. The zero-order valence-corrected chi connectivity index (χ0v) is 17.8. The Hall–Kier alpha value is 2.11. The van der Waals surface area contributed by atoms with E-state index in [2.05, 4.69) is 51.4 Å². The minimum absolute atomic E-state index is 0.545. The number of nitrogens with zero attached hydrogens (tertiary/aromatic N) is 1. The van der Waals surface area contributed by atoms with Crippen molar-refractivity contribution in [2.45, 2.75) is 52.4 Å². The van der Waals surface area contributed by atoms with Crippen molar-refractivity contribution >= 4 is 67.6 Å². The van der Waals surface area contributed by atoms with Crippen molar-refractivity contribution < 1.29 is 0 Å². The van der Waals surface area contributed by atoms with Crippen LogP contribution in [0.4, 0.5) is 0 Å². The molecule has 0 fully saturated rings. The number of allylic oxidation sites excluding steroid dienone is 2. The third-order valence-electron chi connectivity index (χ3n) is 2.84. The summed E-state index contributed by atoms with van der Waals surface area (Å²) in [6.07, 6.45) is 5.60. The normalized spacial score (nSPS) is 27.1. The van der Waals surface area contributed by atoms with Gasteiger partial charge in [0, 0.05) is 12.1 Å². The zero-order chi connectivity index (χ0) is 15.4. The molecule has 1 heterocycles. The van der Waals surface area contributed by atoms with Crippen LogP contribution in [-0.2, 0) is 0 Å². The Balaban J connectivity index is 0.000000555.